The van der Waals surface area contributed by atoms with Crippen molar-refractivity contribution < 1.29 is 9.84 Å². The van der Waals surface area contributed by atoms with Gasteiger partial charge in [-0.3, -0.25) is 0 Å². The Labute approximate surface area is 82.3 Å². The van der Waals surface area contributed by atoms with Crippen molar-refractivity contribution in [2.45, 2.75) is 13.0 Å². The van der Waals surface area contributed by atoms with Gasteiger partial charge >= 0.3 is 0 Å². The lowest BCUT2D eigenvalue weighted by molar-refractivity contribution is 0.130. The highest BCUT2D eigenvalue weighted by Crippen LogP contribution is 2.20. The van der Waals surface area contributed by atoms with Gasteiger partial charge in [-0.05, 0) is 30.5 Å². The highest BCUT2D eigenvalue weighted by atomic mass is 16.5. The molecule has 1 heterocycles. The minimum absolute atomic E-state index is 0.0305. The summed E-state index contributed by atoms with van der Waals surface area (Å²) < 4.78 is 5.47. The van der Waals surface area contributed by atoms with Gasteiger partial charge in [0.25, 0.3) is 0 Å². The predicted molar refractivity (Wildman–Crippen MR) is 55.5 cm³/mol. The molecule has 2 aromatic rings. The second-order valence-corrected chi connectivity index (χ2v) is 3.34. The number of benzene rings is 1. The van der Waals surface area contributed by atoms with Gasteiger partial charge in [0.1, 0.15) is 11.9 Å². The molecule has 3 nitrogen and oxygen atoms in total. The Morgan fingerprint density at radius 1 is 1.43 bits per heavy atom. The van der Waals surface area contributed by atoms with Crippen molar-refractivity contribution in [2.75, 3.05) is 6.61 Å². The van der Waals surface area contributed by atoms with E-state index in [2.05, 4.69) is 4.98 Å². The van der Waals surface area contributed by atoms with Gasteiger partial charge < -0.3 is 14.8 Å². The third kappa shape index (κ3) is 1.72. The monoisotopic (exact) mass is 191 g/mol. The topological polar surface area (TPSA) is 45.2 Å². The van der Waals surface area contributed by atoms with E-state index in [0.29, 0.717) is 0 Å². The molecular formula is C11H13NO2. The Morgan fingerprint density at radius 3 is 3.07 bits per heavy atom. The fraction of sp³-hybridized carbons (Fsp3) is 0.273. The maximum absolute atomic E-state index is 8.84. The van der Waals surface area contributed by atoms with Crippen molar-refractivity contribution in [3.63, 3.8) is 0 Å². The van der Waals surface area contributed by atoms with Crippen LogP contribution in [0.3, 0.4) is 0 Å². The second-order valence-electron chi connectivity index (χ2n) is 3.34. The number of nitrogens with one attached hydrogen (secondary N) is 1. The van der Waals surface area contributed by atoms with Gasteiger partial charge in [-0.1, -0.05) is 0 Å². The number of hydrogen-bond donors (Lipinski definition) is 2. The first-order valence-electron chi connectivity index (χ1n) is 4.64. The molecule has 0 aliphatic carbocycles. The number of ether oxygens (including phenoxy) is 1. The van der Waals surface area contributed by atoms with Crippen LogP contribution in [0.5, 0.6) is 5.75 Å². The van der Waals surface area contributed by atoms with E-state index >= 15 is 0 Å². The van der Waals surface area contributed by atoms with Crippen LogP contribution >= 0.6 is 0 Å². The SMILES string of the molecule is CC(CO)Oc1ccc2cc[nH]c2c1. The number of hydrogen-bond acceptors (Lipinski definition) is 2. The molecule has 0 aliphatic heterocycles. The predicted octanol–water partition coefficient (Wildman–Crippen LogP) is 1.93. The summed E-state index contributed by atoms with van der Waals surface area (Å²) in [4.78, 5) is 3.11. The van der Waals surface area contributed by atoms with E-state index in [4.69, 9.17) is 9.84 Å². The van der Waals surface area contributed by atoms with E-state index in [9.17, 15) is 0 Å². The molecule has 2 N–H and O–H groups in total. The standard InChI is InChI=1S/C11H13NO2/c1-8(7-13)14-10-3-2-9-4-5-12-11(9)6-10/h2-6,8,12-13H,7H2,1H3. The molecular weight excluding hydrogens is 178 g/mol. The lowest BCUT2D eigenvalue weighted by Gasteiger charge is -2.11. The van der Waals surface area contributed by atoms with Crippen LogP contribution < -0.4 is 4.74 Å². The van der Waals surface area contributed by atoms with Gasteiger partial charge in [0.2, 0.25) is 0 Å². The van der Waals surface area contributed by atoms with Gasteiger partial charge in [0.05, 0.1) is 6.61 Å². The molecule has 0 saturated carbocycles. The lowest BCUT2D eigenvalue weighted by atomic mass is 10.2. The molecule has 14 heavy (non-hydrogen) atoms. The van der Waals surface area contributed by atoms with Gasteiger partial charge in [-0.15, -0.1) is 0 Å². The van der Waals surface area contributed by atoms with E-state index in [1.807, 2.05) is 37.4 Å². The molecule has 1 aromatic heterocycles. The van der Waals surface area contributed by atoms with Gasteiger partial charge in [-0.2, -0.15) is 0 Å². The van der Waals surface area contributed by atoms with Crippen LogP contribution in [0.1, 0.15) is 6.92 Å². The van der Waals surface area contributed by atoms with Crippen LogP contribution in [0.4, 0.5) is 0 Å². The van der Waals surface area contributed by atoms with Gasteiger partial charge in [-0.25, -0.2) is 0 Å². The zero-order chi connectivity index (χ0) is 9.97. The maximum atomic E-state index is 8.84. The van der Waals surface area contributed by atoms with Crippen LogP contribution in [0.25, 0.3) is 10.9 Å². The van der Waals surface area contributed by atoms with Crippen LogP contribution in [-0.2, 0) is 0 Å². The Balaban J connectivity index is 2.25. The molecule has 0 fully saturated rings. The summed E-state index contributed by atoms with van der Waals surface area (Å²) in [6, 6.07) is 7.84. The molecule has 3 heteroatoms. The Morgan fingerprint density at radius 2 is 2.29 bits per heavy atom. The fourth-order valence-electron chi connectivity index (χ4n) is 1.37. The van der Waals surface area contributed by atoms with Crippen molar-refractivity contribution >= 4 is 10.9 Å². The number of aliphatic hydroxyl groups is 1. The summed E-state index contributed by atoms with van der Waals surface area (Å²) in [7, 11) is 0. The zero-order valence-electron chi connectivity index (χ0n) is 8.03. The summed E-state index contributed by atoms with van der Waals surface area (Å²) in [6.07, 6.45) is 1.73. The van der Waals surface area contributed by atoms with E-state index in [1.165, 1.54) is 0 Å². The van der Waals surface area contributed by atoms with E-state index in [1.54, 1.807) is 0 Å². The third-order valence-corrected chi connectivity index (χ3v) is 2.12. The average molecular weight is 191 g/mol. The molecule has 1 atom stereocenters. The van der Waals surface area contributed by atoms with Crippen LogP contribution in [0.2, 0.25) is 0 Å². The molecule has 1 unspecified atom stereocenters. The minimum atomic E-state index is -0.164. The Kier molecular flexibility index (Phi) is 2.41. The quantitative estimate of drug-likeness (QED) is 0.778. The first-order chi connectivity index (χ1) is 6.79. The van der Waals surface area contributed by atoms with E-state index in [0.717, 1.165) is 16.7 Å². The highest BCUT2D eigenvalue weighted by Gasteiger charge is 2.02. The molecule has 0 saturated heterocycles. The van der Waals surface area contributed by atoms with Crippen molar-refractivity contribution in [3.8, 4) is 5.75 Å². The molecule has 0 radical (unpaired) electrons. The average Bonchev–Trinajstić information content (AvgIpc) is 2.64. The smallest absolute Gasteiger partial charge is 0.121 e. The maximum Gasteiger partial charge on any atom is 0.121 e. The number of aromatic nitrogens is 1. The third-order valence-electron chi connectivity index (χ3n) is 2.12. The Hall–Kier alpha value is -1.48. The first-order valence-corrected chi connectivity index (χ1v) is 4.64. The number of aromatic amines is 1. The second kappa shape index (κ2) is 3.72. The fourth-order valence-corrected chi connectivity index (χ4v) is 1.37. The van der Waals surface area contributed by atoms with Crippen LogP contribution in [0, 0.1) is 0 Å². The molecule has 0 spiro atoms. The molecule has 74 valence electrons. The van der Waals surface area contributed by atoms with Crippen molar-refractivity contribution in [1.29, 1.82) is 0 Å². The van der Waals surface area contributed by atoms with Crippen LogP contribution in [-0.4, -0.2) is 22.8 Å². The normalized spacial score (nSPS) is 13.0. The van der Waals surface area contributed by atoms with E-state index < -0.39 is 0 Å². The van der Waals surface area contributed by atoms with Crippen molar-refractivity contribution in [2.24, 2.45) is 0 Å². The summed E-state index contributed by atoms with van der Waals surface area (Å²) in [5, 5.41) is 10.00. The Bertz CT molecular complexity index is 422. The molecule has 2 rings (SSSR count). The zero-order valence-corrected chi connectivity index (χ0v) is 8.03. The summed E-state index contributed by atoms with van der Waals surface area (Å²) in [6.45, 7) is 1.86. The molecule has 0 aliphatic rings. The lowest BCUT2D eigenvalue weighted by Crippen LogP contribution is -2.15. The van der Waals surface area contributed by atoms with Crippen molar-refractivity contribution in [3.05, 3.63) is 30.5 Å². The van der Waals surface area contributed by atoms with Crippen molar-refractivity contribution in [1.82, 2.24) is 4.98 Å². The van der Waals surface area contributed by atoms with Gasteiger partial charge in [0.15, 0.2) is 0 Å². The largest absolute Gasteiger partial charge is 0.488 e. The molecule has 0 bridgehead atoms. The molecule has 1 aromatic carbocycles. The van der Waals surface area contributed by atoms with Crippen LogP contribution in [0.15, 0.2) is 30.5 Å². The summed E-state index contributed by atoms with van der Waals surface area (Å²) >= 11 is 0. The molecule has 0 amide bonds. The first kappa shape index (κ1) is 9.09. The summed E-state index contributed by atoms with van der Waals surface area (Å²) in [5.74, 6) is 0.779. The number of aliphatic hydroxyl groups excluding tert-OH is 1. The van der Waals surface area contributed by atoms with Gasteiger partial charge in [0, 0.05) is 17.8 Å². The van der Waals surface area contributed by atoms with E-state index in [-0.39, 0.29) is 12.7 Å². The number of fused-ring (bicyclic) bond motifs is 1. The highest BCUT2D eigenvalue weighted by molar-refractivity contribution is 5.80. The number of H-pyrrole nitrogens is 1. The summed E-state index contributed by atoms with van der Waals surface area (Å²) in [5.41, 5.74) is 1.05. The minimum Gasteiger partial charge on any atom is -0.488 e. The number of rotatable bonds is 3.